The second-order valence-electron chi connectivity index (χ2n) is 6.88. The third-order valence-corrected chi connectivity index (χ3v) is 5.27. The fourth-order valence-corrected chi connectivity index (χ4v) is 2.93. The Kier molecular flexibility index (Phi) is 5.24. The number of amides is 1. The van der Waals surface area contributed by atoms with Crippen molar-refractivity contribution in [3.8, 4) is 0 Å². The molecule has 1 amide bonds. The number of hydrogen-bond donors (Lipinski definition) is 2. The van der Waals surface area contributed by atoms with E-state index in [0.717, 1.165) is 0 Å². The molecule has 22 heavy (non-hydrogen) atoms. The minimum absolute atomic E-state index is 0.0219. The highest BCUT2D eigenvalue weighted by atomic mass is 16.5. The number of rotatable bonds is 5. The molecule has 1 aromatic rings. The Balaban J connectivity index is 2.10. The van der Waals surface area contributed by atoms with Gasteiger partial charge in [0.15, 0.2) is 0 Å². The molecule has 1 heterocycles. The second-order valence-corrected chi connectivity index (χ2v) is 6.88. The van der Waals surface area contributed by atoms with Gasteiger partial charge in [-0.05, 0) is 25.3 Å². The number of carbonyl (C=O) groups is 1. The second kappa shape index (κ2) is 6.80. The molecule has 0 spiro atoms. The van der Waals surface area contributed by atoms with Gasteiger partial charge in [-0.1, -0.05) is 44.2 Å². The Bertz CT molecular complexity index is 493. The van der Waals surface area contributed by atoms with Crippen molar-refractivity contribution in [2.75, 3.05) is 19.8 Å². The summed E-state index contributed by atoms with van der Waals surface area (Å²) in [6, 6.07) is 10.3. The smallest absolute Gasteiger partial charge is 0.227 e. The van der Waals surface area contributed by atoms with Gasteiger partial charge in [0, 0.05) is 31.2 Å². The van der Waals surface area contributed by atoms with Crippen LogP contribution >= 0.6 is 0 Å². The summed E-state index contributed by atoms with van der Waals surface area (Å²) in [6.07, 6.45) is 1.40. The van der Waals surface area contributed by atoms with Crippen LogP contribution in [0.5, 0.6) is 0 Å². The number of benzene rings is 1. The van der Waals surface area contributed by atoms with E-state index in [9.17, 15) is 4.79 Å². The maximum absolute atomic E-state index is 12.8. The molecule has 122 valence electrons. The molecule has 1 aliphatic heterocycles. The van der Waals surface area contributed by atoms with Gasteiger partial charge in [0.1, 0.15) is 0 Å². The van der Waals surface area contributed by atoms with Crippen molar-refractivity contribution in [1.29, 1.82) is 0 Å². The van der Waals surface area contributed by atoms with Crippen molar-refractivity contribution in [3.05, 3.63) is 35.9 Å². The van der Waals surface area contributed by atoms with Crippen LogP contribution in [0, 0.1) is 5.41 Å². The minimum Gasteiger partial charge on any atom is -0.381 e. The molecule has 1 aromatic carbocycles. The van der Waals surface area contributed by atoms with E-state index in [1.807, 2.05) is 18.2 Å². The molecule has 1 unspecified atom stereocenters. The van der Waals surface area contributed by atoms with Gasteiger partial charge in [0.25, 0.3) is 0 Å². The SMILES string of the molecule is CC(NC(=O)C1(CN)CCOCC1)C(C)(C)c1ccccc1. The van der Waals surface area contributed by atoms with E-state index in [1.165, 1.54) is 5.56 Å². The summed E-state index contributed by atoms with van der Waals surface area (Å²) in [5, 5.41) is 3.21. The number of nitrogens with one attached hydrogen (secondary N) is 1. The van der Waals surface area contributed by atoms with E-state index in [1.54, 1.807) is 0 Å². The number of ether oxygens (including phenoxy) is 1. The Labute approximate surface area is 133 Å². The maximum Gasteiger partial charge on any atom is 0.227 e. The number of nitrogens with two attached hydrogens (primary N) is 1. The van der Waals surface area contributed by atoms with Crippen LogP contribution in [0.1, 0.15) is 39.2 Å². The average Bonchev–Trinajstić information content (AvgIpc) is 2.56. The molecule has 0 radical (unpaired) electrons. The summed E-state index contributed by atoms with van der Waals surface area (Å²) in [5.74, 6) is 0.0646. The molecule has 1 aliphatic rings. The van der Waals surface area contributed by atoms with Gasteiger partial charge in [-0.2, -0.15) is 0 Å². The van der Waals surface area contributed by atoms with Crippen LogP contribution in [0.25, 0.3) is 0 Å². The molecule has 1 atom stereocenters. The standard InChI is InChI=1S/C18H28N2O2/c1-14(17(2,3)15-7-5-4-6-8-15)20-16(21)18(13-19)9-11-22-12-10-18/h4-8,14H,9-13,19H2,1-3H3,(H,20,21). The van der Waals surface area contributed by atoms with Crippen LogP contribution in [0.2, 0.25) is 0 Å². The maximum atomic E-state index is 12.8. The first-order valence-corrected chi connectivity index (χ1v) is 8.07. The first-order valence-electron chi connectivity index (χ1n) is 8.07. The quantitative estimate of drug-likeness (QED) is 0.876. The van der Waals surface area contributed by atoms with Crippen LogP contribution in [-0.4, -0.2) is 31.7 Å². The lowest BCUT2D eigenvalue weighted by Gasteiger charge is -2.39. The van der Waals surface area contributed by atoms with Gasteiger partial charge in [-0.3, -0.25) is 4.79 Å². The Morgan fingerprint density at radius 2 is 1.91 bits per heavy atom. The number of carbonyl (C=O) groups excluding carboxylic acids is 1. The molecule has 4 nitrogen and oxygen atoms in total. The van der Waals surface area contributed by atoms with Crippen LogP contribution < -0.4 is 11.1 Å². The molecule has 0 aliphatic carbocycles. The van der Waals surface area contributed by atoms with Crippen LogP contribution in [0.15, 0.2) is 30.3 Å². The van der Waals surface area contributed by atoms with E-state index >= 15 is 0 Å². The van der Waals surface area contributed by atoms with Gasteiger partial charge in [0.2, 0.25) is 5.91 Å². The first-order chi connectivity index (χ1) is 10.4. The van der Waals surface area contributed by atoms with Crippen molar-refractivity contribution in [3.63, 3.8) is 0 Å². The zero-order chi connectivity index (χ0) is 16.2. The fourth-order valence-electron chi connectivity index (χ4n) is 2.93. The van der Waals surface area contributed by atoms with Crippen molar-refractivity contribution < 1.29 is 9.53 Å². The Hall–Kier alpha value is -1.39. The lowest BCUT2D eigenvalue weighted by molar-refractivity contribution is -0.137. The summed E-state index contributed by atoms with van der Waals surface area (Å²) in [5.41, 5.74) is 6.52. The highest BCUT2D eigenvalue weighted by Gasteiger charge is 2.40. The molecule has 0 saturated carbocycles. The van der Waals surface area contributed by atoms with Gasteiger partial charge in [-0.25, -0.2) is 0 Å². The molecule has 0 aromatic heterocycles. The molecular formula is C18H28N2O2. The molecule has 1 saturated heterocycles. The zero-order valence-electron chi connectivity index (χ0n) is 13.9. The van der Waals surface area contributed by atoms with Crippen molar-refractivity contribution in [2.24, 2.45) is 11.1 Å². The van der Waals surface area contributed by atoms with Gasteiger partial charge in [-0.15, -0.1) is 0 Å². The van der Waals surface area contributed by atoms with Crippen LogP contribution in [0.3, 0.4) is 0 Å². The first kappa shape index (κ1) is 17.0. The number of hydrogen-bond acceptors (Lipinski definition) is 3. The fraction of sp³-hybridized carbons (Fsp3) is 0.611. The van der Waals surface area contributed by atoms with E-state index < -0.39 is 5.41 Å². The highest BCUT2D eigenvalue weighted by Crippen LogP contribution is 2.32. The van der Waals surface area contributed by atoms with E-state index in [2.05, 4.69) is 38.2 Å². The van der Waals surface area contributed by atoms with Gasteiger partial charge >= 0.3 is 0 Å². The molecular weight excluding hydrogens is 276 g/mol. The third kappa shape index (κ3) is 3.33. The predicted molar refractivity (Wildman–Crippen MR) is 88.6 cm³/mol. The van der Waals surface area contributed by atoms with Crippen LogP contribution in [-0.2, 0) is 14.9 Å². The molecule has 0 bridgehead atoms. The summed E-state index contributed by atoms with van der Waals surface area (Å²) >= 11 is 0. The average molecular weight is 304 g/mol. The zero-order valence-corrected chi connectivity index (χ0v) is 13.9. The van der Waals surface area contributed by atoms with Crippen molar-refractivity contribution in [2.45, 2.75) is 45.1 Å². The molecule has 2 rings (SSSR count). The summed E-state index contributed by atoms with van der Waals surface area (Å²) in [7, 11) is 0. The van der Waals surface area contributed by atoms with Crippen molar-refractivity contribution in [1.82, 2.24) is 5.32 Å². The van der Waals surface area contributed by atoms with E-state index in [0.29, 0.717) is 32.6 Å². The molecule has 1 fully saturated rings. The van der Waals surface area contributed by atoms with Gasteiger partial charge in [0.05, 0.1) is 5.41 Å². The highest BCUT2D eigenvalue weighted by molar-refractivity contribution is 5.83. The monoisotopic (exact) mass is 304 g/mol. The van der Waals surface area contributed by atoms with E-state index in [4.69, 9.17) is 10.5 Å². The molecule has 4 heteroatoms. The summed E-state index contributed by atoms with van der Waals surface area (Å²) in [4.78, 5) is 12.8. The van der Waals surface area contributed by atoms with E-state index in [-0.39, 0.29) is 17.4 Å². The van der Waals surface area contributed by atoms with Crippen molar-refractivity contribution >= 4 is 5.91 Å². The normalized spacial score (nSPS) is 19.5. The lowest BCUT2D eigenvalue weighted by Crippen LogP contribution is -2.54. The third-order valence-electron chi connectivity index (χ3n) is 5.27. The topological polar surface area (TPSA) is 64.4 Å². The summed E-state index contributed by atoms with van der Waals surface area (Å²) in [6.45, 7) is 7.98. The Morgan fingerprint density at radius 3 is 2.45 bits per heavy atom. The van der Waals surface area contributed by atoms with Gasteiger partial charge < -0.3 is 15.8 Å². The lowest BCUT2D eigenvalue weighted by atomic mass is 9.76. The summed E-state index contributed by atoms with van der Waals surface area (Å²) < 4.78 is 5.38. The van der Waals surface area contributed by atoms with Crippen LogP contribution in [0.4, 0.5) is 0 Å². The molecule has 3 N–H and O–H groups in total. The minimum atomic E-state index is -0.473. The predicted octanol–water partition coefficient (Wildman–Crippen LogP) is 2.22. The Morgan fingerprint density at radius 1 is 1.32 bits per heavy atom. The largest absolute Gasteiger partial charge is 0.381 e.